The molecule has 4 nitrogen and oxygen atoms in total. The number of rotatable bonds is 6. The van der Waals surface area contributed by atoms with Crippen molar-refractivity contribution in [3.63, 3.8) is 0 Å². The zero-order chi connectivity index (χ0) is 14.7. The molecule has 2 rings (SSSR count). The molecule has 0 saturated heterocycles. The molecule has 1 aliphatic rings. The monoisotopic (exact) mass is 614 g/mol. The molecule has 2 atom stereocenters. The van der Waals surface area contributed by atoms with Gasteiger partial charge in [0.05, 0.1) is 20.4 Å². The van der Waals surface area contributed by atoms with E-state index in [1.807, 2.05) is 0 Å². The van der Waals surface area contributed by atoms with Gasteiger partial charge in [-0.1, -0.05) is 0 Å². The van der Waals surface area contributed by atoms with Crippen LogP contribution in [-0.4, -0.2) is 38.3 Å². The summed E-state index contributed by atoms with van der Waals surface area (Å²) >= 11 is 6.78. The quantitative estimate of drug-likeness (QED) is 0.365. The van der Waals surface area contributed by atoms with Gasteiger partial charge in [0, 0.05) is 17.1 Å². The highest BCUT2D eigenvalue weighted by atomic mass is 127. The maximum Gasteiger partial charge on any atom is 0.169 e. The van der Waals surface area contributed by atoms with Crippen molar-refractivity contribution in [3.8, 4) is 5.75 Å². The first-order valence-corrected chi connectivity index (χ1v) is 9.21. The molecule has 1 aliphatic carbocycles. The Bertz CT molecular complexity index is 483. The zero-order valence-electron chi connectivity index (χ0n) is 10.7. The van der Waals surface area contributed by atoms with Crippen LogP contribution in [0, 0.1) is 10.7 Å². The van der Waals surface area contributed by atoms with Gasteiger partial charge in [-0.05, 0) is 79.9 Å². The van der Waals surface area contributed by atoms with Gasteiger partial charge in [-0.25, -0.2) is 0 Å². The van der Waals surface area contributed by atoms with Gasteiger partial charge in [0.1, 0.15) is 11.9 Å². The van der Waals surface area contributed by atoms with Crippen molar-refractivity contribution < 1.29 is 19.0 Å². The Labute approximate surface area is 158 Å². The van der Waals surface area contributed by atoms with Crippen LogP contribution in [-0.2, 0) is 14.3 Å². The normalized spacial score (nSPS) is 21.7. The van der Waals surface area contributed by atoms with Crippen molar-refractivity contribution in [2.45, 2.75) is 18.6 Å². The molecule has 110 valence electrons. The molecule has 0 aliphatic heterocycles. The Morgan fingerprint density at radius 3 is 2.40 bits per heavy atom. The van der Waals surface area contributed by atoms with Crippen molar-refractivity contribution >= 4 is 73.6 Å². The number of Topliss-reactive ketones (excluding diaryl/α,β-unsaturated/α-hetero) is 1. The first-order chi connectivity index (χ1) is 9.52. The molecule has 0 bridgehead atoms. The minimum Gasteiger partial charge on any atom is -0.485 e. The van der Waals surface area contributed by atoms with Crippen molar-refractivity contribution in [2.24, 2.45) is 0 Å². The molecule has 1 aromatic rings. The first kappa shape index (κ1) is 17.2. The average molecular weight is 614 g/mol. The van der Waals surface area contributed by atoms with Crippen LogP contribution in [0.25, 0.3) is 0 Å². The number of ketones is 1. The van der Waals surface area contributed by atoms with Crippen LogP contribution in [0.15, 0.2) is 12.1 Å². The number of methoxy groups -OCH3 is 1. The number of hydrogen-bond acceptors (Lipinski definition) is 4. The molecule has 0 heterocycles. The number of hydrogen-bond donors (Lipinski definition) is 0. The SMILES string of the molecule is COCCOC1C(=O)CC1Oc1c(I)cc(I)cc1I. The number of ether oxygens (including phenoxy) is 3. The van der Waals surface area contributed by atoms with Crippen molar-refractivity contribution in [1.82, 2.24) is 0 Å². The van der Waals surface area contributed by atoms with Crippen molar-refractivity contribution in [2.75, 3.05) is 20.3 Å². The molecule has 20 heavy (non-hydrogen) atoms. The summed E-state index contributed by atoms with van der Waals surface area (Å²) in [5.74, 6) is 0.936. The van der Waals surface area contributed by atoms with Crippen LogP contribution in [0.1, 0.15) is 6.42 Å². The summed E-state index contributed by atoms with van der Waals surface area (Å²) in [7, 11) is 1.61. The largest absolute Gasteiger partial charge is 0.485 e. The smallest absolute Gasteiger partial charge is 0.169 e. The topological polar surface area (TPSA) is 44.8 Å². The molecule has 1 fully saturated rings. The molecule has 0 radical (unpaired) electrons. The second-order valence-electron chi connectivity index (χ2n) is 4.31. The molecule has 1 saturated carbocycles. The number of benzene rings is 1. The summed E-state index contributed by atoms with van der Waals surface area (Å²) in [4.78, 5) is 11.6. The fourth-order valence-electron chi connectivity index (χ4n) is 1.82. The Morgan fingerprint density at radius 1 is 1.20 bits per heavy atom. The Hall–Kier alpha value is 0.800. The molecule has 7 heteroatoms. The van der Waals surface area contributed by atoms with E-state index in [-0.39, 0.29) is 11.9 Å². The minimum atomic E-state index is -0.462. The van der Waals surface area contributed by atoms with E-state index >= 15 is 0 Å². The molecule has 1 aromatic carbocycles. The fraction of sp³-hybridized carbons (Fsp3) is 0.462. The lowest BCUT2D eigenvalue weighted by molar-refractivity contribution is -0.156. The molecule has 0 spiro atoms. The van der Waals surface area contributed by atoms with Crippen LogP contribution >= 0.6 is 67.8 Å². The number of carbonyl (C=O) groups excluding carboxylic acids is 1. The van der Waals surface area contributed by atoms with Crippen molar-refractivity contribution in [3.05, 3.63) is 22.8 Å². The number of halogens is 3. The maximum atomic E-state index is 11.6. The molecule has 0 amide bonds. The Kier molecular flexibility index (Phi) is 6.76. The molecule has 2 unspecified atom stereocenters. The third-order valence-corrected chi connectivity index (χ3v) is 5.10. The van der Waals surface area contributed by atoms with Gasteiger partial charge in [-0.3, -0.25) is 4.79 Å². The highest BCUT2D eigenvalue weighted by molar-refractivity contribution is 14.1. The van der Waals surface area contributed by atoms with Crippen molar-refractivity contribution in [1.29, 1.82) is 0 Å². The predicted octanol–water partition coefficient (Wildman–Crippen LogP) is 3.25. The van der Waals surface area contributed by atoms with Gasteiger partial charge < -0.3 is 14.2 Å². The fourth-order valence-corrected chi connectivity index (χ4v) is 5.66. The summed E-state index contributed by atoms with van der Waals surface area (Å²) in [5.41, 5.74) is 0. The van der Waals surface area contributed by atoms with Crippen LogP contribution in [0.4, 0.5) is 0 Å². The summed E-state index contributed by atoms with van der Waals surface area (Å²) < 4.78 is 19.7. The van der Waals surface area contributed by atoms with E-state index in [2.05, 4.69) is 79.9 Å². The molecule has 0 aromatic heterocycles. The van der Waals surface area contributed by atoms with Crippen LogP contribution in [0.5, 0.6) is 5.75 Å². The van der Waals surface area contributed by atoms with E-state index in [9.17, 15) is 4.79 Å². The molecule has 0 N–H and O–H groups in total. The molecular formula is C13H13I3O4. The van der Waals surface area contributed by atoms with E-state index in [0.717, 1.165) is 12.9 Å². The highest BCUT2D eigenvalue weighted by Gasteiger charge is 2.43. The zero-order valence-corrected chi connectivity index (χ0v) is 17.2. The third kappa shape index (κ3) is 4.17. The number of carbonyl (C=O) groups is 1. The van der Waals surface area contributed by atoms with Gasteiger partial charge in [-0.2, -0.15) is 0 Å². The van der Waals surface area contributed by atoms with E-state index < -0.39 is 6.10 Å². The van der Waals surface area contributed by atoms with Crippen LogP contribution in [0.3, 0.4) is 0 Å². The minimum absolute atomic E-state index is 0.0987. The van der Waals surface area contributed by atoms with Gasteiger partial charge in [-0.15, -0.1) is 0 Å². The van der Waals surface area contributed by atoms with Crippen LogP contribution < -0.4 is 4.74 Å². The highest BCUT2D eigenvalue weighted by Crippen LogP contribution is 2.33. The lowest BCUT2D eigenvalue weighted by atomic mass is 9.90. The van der Waals surface area contributed by atoms with E-state index in [0.29, 0.717) is 19.6 Å². The maximum absolute atomic E-state index is 11.6. The van der Waals surface area contributed by atoms with E-state index in [1.54, 1.807) is 7.11 Å². The lowest BCUT2D eigenvalue weighted by Gasteiger charge is -2.35. The Morgan fingerprint density at radius 2 is 1.85 bits per heavy atom. The second kappa shape index (κ2) is 7.88. The summed E-state index contributed by atoms with van der Waals surface area (Å²) in [5, 5.41) is 0. The predicted molar refractivity (Wildman–Crippen MR) is 100 cm³/mol. The lowest BCUT2D eigenvalue weighted by Crippen LogP contribution is -2.52. The summed E-state index contributed by atoms with van der Waals surface area (Å²) in [6.07, 6.45) is -0.243. The van der Waals surface area contributed by atoms with E-state index in [1.165, 1.54) is 3.57 Å². The average Bonchev–Trinajstić information content (AvgIpc) is 2.37. The first-order valence-electron chi connectivity index (χ1n) is 5.97. The van der Waals surface area contributed by atoms with Gasteiger partial charge >= 0.3 is 0 Å². The summed E-state index contributed by atoms with van der Waals surface area (Å²) in [6.45, 7) is 0.892. The molecular weight excluding hydrogens is 601 g/mol. The Balaban J connectivity index is 2.01. The van der Waals surface area contributed by atoms with E-state index in [4.69, 9.17) is 14.2 Å². The van der Waals surface area contributed by atoms with Gasteiger partial charge in [0.15, 0.2) is 11.9 Å². The summed E-state index contributed by atoms with van der Waals surface area (Å²) in [6, 6.07) is 4.11. The van der Waals surface area contributed by atoms with Crippen LogP contribution in [0.2, 0.25) is 0 Å². The van der Waals surface area contributed by atoms with Gasteiger partial charge in [0.2, 0.25) is 0 Å². The van der Waals surface area contributed by atoms with Gasteiger partial charge in [0.25, 0.3) is 0 Å². The standard InChI is InChI=1S/C13H13I3O4/c1-18-2-3-19-13-10(17)6-11(13)20-12-8(15)4-7(14)5-9(12)16/h4-5,11,13H,2-3,6H2,1H3. The third-order valence-electron chi connectivity index (χ3n) is 2.87. The second-order valence-corrected chi connectivity index (χ2v) is 7.88.